The third-order valence-electron chi connectivity index (χ3n) is 3.64. The number of thioether (sulfide) groups is 1. The van der Waals surface area contributed by atoms with E-state index in [2.05, 4.69) is 10.0 Å². The molecule has 0 saturated heterocycles. The van der Waals surface area contributed by atoms with E-state index in [4.69, 9.17) is 11.6 Å². The van der Waals surface area contributed by atoms with E-state index in [1.54, 1.807) is 36.4 Å². The SMILES string of the molecule is O=C(CSc1ccccc1)Nc1cccc(S(=O)(=O)Nc2ccc(Cl)cc2)c1. The van der Waals surface area contributed by atoms with Crippen LogP contribution in [-0.4, -0.2) is 20.1 Å². The lowest BCUT2D eigenvalue weighted by molar-refractivity contribution is -0.113. The van der Waals surface area contributed by atoms with Crippen LogP contribution in [0.1, 0.15) is 0 Å². The minimum absolute atomic E-state index is 0.0518. The molecule has 0 atom stereocenters. The first-order chi connectivity index (χ1) is 13.4. The molecule has 0 radical (unpaired) electrons. The highest BCUT2D eigenvalue weighted by Gasteiger charge is 2.15. The Labute approximate surface area is 173 Å². The molecule has 0 bridgehead atoms. The molecule has 0 heterocycles. The van der Waals surface area contributed by atoms with Gasteiger partial charge in [0, 0.05) is 21.3 Å². The lowest BCUT2D eigenvalue weighted by Gasteiger charge is -2.10. The quantitative estimate of drug-likeness (QED) is 0.522. The van der Waals surface area contributed by atoms with Crippen molar-refractivity contribution in [2.45, 2.75) is 9.79 Å². The molecule has 144 valence electrons. The molecule has 0 aliphatic carbocycles. The molecule has 2 N–H and O–H groups in total. The van der Waals surface area contributed by atoms with Crippen molar-refractivity contribution in [2.75, 3.05) is 15.8 Å². The monoisotopic (exact) mass is 432 g/mol. The van der Waals surface area contributed by atoms with Gasteiger partial charge in [-0.3, -0.25) is 9.52 Å². The molecule has 0 aromatic heterocycles. The van der Waals surface area contributed by atoms with Gasteiger partial charge in [-0.1, -0.05) is 35.9 Å². The number of anilines is 2. The summed E-state index contributed by atoms with van der Waals surface area (Å²) in [6.07, 6.45) is 0. The van der Waals surface area contributed by atoms with Crippen LogP contribution >= 0.6 is 23.4 Å². The maximum absolute atomic E-state index is 12.6. The van der Waals surface area contributed by atoms with E-state index in [-0.39, 0.29) is 16.6 Å². The van der Waals surface area contributed by atoms with E-state index in [1.807, 2.05) is 30.3 Å². The molecule has 3 aromatic rings. The van der Waals surface area contributed by atoms with Gasteiger partial charge in [0.15, 0.2) is 0 Å². The molecule has 0 unspecified atom stereocenters. The maximum atomic E-state index is 12.6. The van der Waals surface area contributed by atoms with Gasteiger partial charge in [0.2, 0.25) is 5.91 Å². The zero-order valence-corrected chi connectivity index (χ0v) is 17.0. The predicted molar refractivity (Wildman–Crippen MR) is 114 cm³/mol. The molecule has 0 fully saturated rings. The highest BCUT2D eigenvalue weighted by molar-refractivity contribution is 8.00. The first-order valence-corrected chi connectivity index (χ1v) is 11.1. The van der Waals surface area contributed by atoms with Gasteiger partial charge in [-0.25, -0.2) is 8.42 Å². The Balaban J connectivity index is 1.65. The number of hydrogen-bond donors (Lipinski definition) is 2. The molecule has 28 heavy (non-hydrogen) atoms. The maximum Gasteiger partial charge on any atom is 0.261 e. The van der Waals surface area contributed by atoms with Crippen LogP contribution in [0.5, 0.6) is 0 Å². The topological polar surface area (TPSA) is 75.3 Å². The van der Waals surface area contributed by atoms with Crippen LogP contribution in [-0.2, 0) is 14.8 Å². The highest BCUT2D eigenvalue weighted by Crippen LogP contribution is 2.21. The molecule has 0 aliphatic heterocycles. The lowest BCUT2D eigenvalue weighted by Crippen LogP contribution is -2.16. The molecular weight excluding hydrogens is 416 g/mol. The number of hydrogen-bond acceptors (Lipinski definition) is 4. The molecular formula is C20H17ClN2O3S2. The largest absolute Gasteiger partial charge is 0.325 e. The van der Waals surface area contributed by atoms with Crippen LogP contribution in [0.2, 0.25) is 5.02 Å². The van der Waals surface area contributed by atoms with Crippen molar-refractivity contribution in [2.24, 2.45) is 0 Å². The summed E-state index contributed by atoms with van der Waals surface area (Å²) >= 11 is 7.22. The fraction of sp³-hybridized carbons (Fsp3) is 0.0500. The summed E-state index contributed by atoms with van der Waals surface area (Å²) < 4.78 is 27.6. The van der Waals surface area contributed by atoms with Crippen LogP contribution in [0.3, 0.4) is 0 Å². The van der Waals surface area contributed by atoms with Gasteiger partial charge in [0.05, 0.1) is 10.6 Å². The van der Waals surface area contributed by atoms with Crippen molar-refractivity contribution in [1.29, 1.82) is 0 Å². The Morgan fingerprint density at radius 2 is 1.61 bits per heavy atom. The van der Waals surface area contributed by atoms with Gasteiger partial charge in [-0.05, 0) is 54.6 Å². The van der Waals surface area contributed by atoms with E-state index in [9.17, 15) is 13.2 Å². The van der Waals surface area contributed by atoms with Gasteiger partial charge in [0.1, 0.15) is 0 Å². The summed E-state index contributed by atoms with van der Waals surface area (Å²) in [4.78, 5) is 13.2. The normalized spacial score (nSPS) is 11.0. The predicted octanol–water partition coefficient (Wildman–Crippen LogP) is 4.87. The Hall–Kier alpha value is -2.48. The van der Waals surface area contributed by atoms with Gasteiger partial charge in [-0.15, -0.1) is 11.8 Å². The van der Waals surface area contributed by atoms with Crippen LogP contribution in [0, 0.1) is 0 Å². The average molecular weight is 433 g/mol. The van der Waals surface area contributed by atoms with Gasteiger partial charge in [0.25, 0.3) is 10.0 Å². The van der Waals surface area contributed by atoms with Crippen molar-refractivity contribution >= 4 is 50.7 Å². The third kappa shape index (κ3) is 5.76. The second-order valence-electron chi connectivity index (χ2n) is 5.79. The van der Waals surface area contributed by atoms with Crippen molar-refractivity contribution in [3.05, 3.63) is 83.9 Å². The van der Waals surface area contributed by atoms with E-state index >= 15 is 0 Å². The molecule has 8 heteroatoms. The van der Waals surface area contributed by atoms with E-state index in [0.29, 0.717) is 16.4 Å². The molecule has 0 saturated carbocycles. The molecule has 0 aliphatic rings. The van der Waals surface area contributed by atoms with Crippen molar-refractivity contribution in [3.8, 4) is 0 Å². The van der Waals surface area contributed by atoms with Crippen molar-refractivity contribution in [3.63, 3.8) is 0 Å². The van der Waals surface area contributed by atoms with Crippen LogP contribution < -0.4 is 10.0 Å². The lowest BCUT2D eigenvalue weighted by atomic mass is 10.3. The molecule has 3 aromatic carbocycles. The van der Waals surface area contributed by atoms with E-state index in [1.165, 1.54) is 23.9 Å². The summed E-state index contributed by atoms with van der Waals surface area (Å²) in [6.45, 7) is 0. The van der Waals surface area contributed by atoms with Gasteiger partial charge >= 0.3 is 0 Å². The van der Waals surface area contributed by atoms with Gasteiger partial charge in [-0.2, -0.15) is 0 Å². The Morgan fingerprint density at radius 1 is 0.893 bits per heavy atom. The minimum atomic E-state index is -3.79. The number of carbonyl (C=O) groups excluding carboxylic acids is 1. The first-order valence-electron chi connectivity index (χ1n) is 8.28. The fourth-order valence-electron chi connectivity index (χ4n) is 2.34. The Bertz CT molecular complexity index is 1060. The number of sulfonamides is 1. The second kappa shape index (κ2) is 9.14. The number of carbonyl (C=O) groups is 1. The Kier molecular flexibility index (Phi) is 6.61. The minimum Gasteiger partial charge on any atom is -0.325 e. The molecule has 5 nitrogen and oxygen atoms in total. The second-order valence-corrected chi connectivity index (χ2v) is 8.96. The molecule has 1 amide bonds. The first kappa shape index (κ1) is 20.3. The zero-order chi connectivity index (χ0) is 20.0. The van der Waals surface area contributed by atoms with Crippen LogP contribution in [0.4, 0.5) is 11.4 Å². The fourth-order valence-corrected chi connectivity index (χ4v) is 4.29. The summed E-state index contributed by atoms with van der Waals surface area (Å²) in [5, 5.41) is 3.24. The number of nitrogens with one attached hydrogen (secondary N) is 2. The number of amides is 1. The average Bonchev–Trinajstić information content (AvgIpc) is 2.69. The molecule has 0 spiro atoms. The van der Waals surface area contributed by atoms with Gasteiger partial charge < -0.3 is 5.32 Å². The summed E-state index contributed by atoms with van der Waals surface area (Å²) in [6, 6.07) is 22.0. The zero-order valence-electron chi connectivity index (χ0n) is 14.6. The smallest absolute Gasteiger partial charge is 0.261 e. The van der Waals surface area contributed by atoms with Crippen LogP contribution in [0.15, 0.2) is 88.7 Å². The van der Waals surface area contributed by atoms with Crippen molar-refractivity contribution < 1.29 is 13.2 Å². The Morgan fingerprint density at radius 3 is 2.32 bits per heavy atom. The number of benzene rings is 3. The highest BCUT2D eigenvalue weighted by atomic mass is 35.5. The van der Waals surface area contributed by atoms with E-state index in [0.717, 1.165) is 4.90 Å². The standard InChI is InChI=1S/C20H17ClN2O3S2/c21-15-9-11-16(12-10-15)23-28(25,26)19-8-4-5-17(13-19)22-20(24)14-27-18-6-2-1-3-7-18/h1-13,23H,14H2,(H,22,24). The molecule has 3 rings (SSSR count). The summed E-state index contributed by atoms with van der Waals surface area (Å²) in [5.74, 6) is 0.0124. The van der Waals surface area contributed by atoms with Crippen LogP contribution in [0.25, 0.3) is 0 Å². The summed E-state index contributed by atoms with van der Waals surface area (Å²) in [7, 11) is -3.79. The third-order valence-corrected chi connectivity index (χ3v) is 6.28. The van der Waals surface area contributed by atoms with E-state index < -0.39 is 10.0 Å². The number of halogens is 1. The summed E-state index contributed by atoms with van der Waals surface area (Å²) in [5.41, 5.74) is 0.816. The number of rotatable bonds is 7. The van der Waals surface area contributed by atoms with Crippen molar-refractivity contribution in [1.82, 2.24) is 0 Å².